The molecular formula is C17H21N5O. The summed E-state index contributed by atoms with van der Waals surface area (Å²) in [5.74, 6) is 0.0460. The zero-order valence-corrected chi connectivity index (χ0v) is 13.5. The molecule has 120 valence electrons. The van der Waals surface area contributed by atoms with Crippen LogP contribution in [0.2, 0.25) is 0 Å². The first-order valence-corrected chi connectivity index (χ1v) is 7.69. The van der Waals surface area contributed by atoms with Crippen LogP contribution < -0.4 is 5.32 Å². The van der Waals surface area contributed by atoms with E-state index in [1.807, 2.05) is 18.7 Å². The number of benzene rings is 1. The number of amides is 1. The first-order valence-electron chi connectivity index (χ1n) is 7.69. The van der Waals surface area contributed by atoms with Crippen LogP contribution >= 0.6 is 0 Å². The van der Waals surface area contributed by atoms with E-state index in [0.29, 0.717) is 25.2 Å². The average molecular weight is 311 g/mol. The Kier molecular flexibility index (Phi) is 5.56. The number of nitrogens with one attached hydrogen (secondary N) is 1. The fourth-order valence-corrected chi connectivity index (χ4v) is 2.91. The third kappa shape index (κ3) is 4.21. The summed E-state index contributed by atoms with van der Waals surface area (Å²) in [5, 5.41) is 20.7. The molecule has 0 spiro atoms. The fourth-order valence-electron chi connectivity index (χ4n) is 2.91. The zero-order chi connectivity index (χ0) is 16.8. The Labute approximate surface area is 136 Å². The van der Waals surface area contributed by atoms with Gasteiger partial charge in [0, 0.05) is 30.9 Å². The highest BCUT2D eigenvalue weighted by molar-refractivity contribution is 5.81. The van der Waals surface area contributed by atoms with Crippen LogP contribution in [0, 0.1) is 22.7 Å². The largest absolute Gasteiger partial charge is 0.376 e. The van der Waals surface area contributed by atoms with Crippen molar-refractivity contribution in [2.45, 2.75) is 25.9 Å². The molecule has 1 aromatic rings. The maximum atomic E-state index is 12.4. The van der Waals surface area contributed by atoms with E-state index in [4.69, 9.17) is 10.5 Å². The highest BCUT2D eigenvalue weighted by atomic mass is 16.2. The predicted molar refractivity (Wildman–Crippen MR) is 87.5 cm³/mol. The molecule has 0 saturated carbocycles. The minimum absolute atomic E-state index is 0.0460. The van der Waals surface area contributed by atoms with E-state index in [1.54, 1.807) is 24.3 Å². The summed E-state index contributed by atoms with van der Waals surface area (Å²) in [5.41, 5.74) is 1.42. The Morgan fingerprint density at radius 3 is 2.35 bits per heavy atom. The van der Waals surface area contributed by atoms with Crippen molar-refractivity contribution < 1.29 is 4.79 Å². The highest BCUT2D eigenvalue weighted by Crippen LogP contribution is 2.15. The van der Waals surface area contributed by atoms with Crippen LogP contribution in [0.5, 0.6) is 0 Å². The van der Waals surface area contributed by atoms with Crippen molar-refractivity contribution in [2.24, 2.45) is 0 Å². The number of piperazine rings is 1. The summed E-state index contributed by atoms with van der Waals surface area (Å²) in [7, 11) is 0. The molecule has 6 nitrogen and oxygen atoms in total. The average Bonchev–Trinajstić information content (AvgIpc) is 2.56. The van der Waals surface area contributed by atoms with E-state index in [2.05, 4.69) is 22.4 Å². The molecule has 1 aromatic carbocycles. The molecule has 2 atom stereocenters. The monoisotopic (exact) mass is 311 g/mol. The molecular weight excluding hydrogens is 290 g/mol. The Bertz CT molecular complexity index is 616. The molecule has 1 saturated heterocycles. The third-order valence-electron chi connectivity index (χ3n) is 4.17. The van der Waals surface area contributed by atoms with E-state index in [-0.39, 0.29) is 24.5 Å². The molecule has 6 heteroatoms. The van der Waals surface area contributed by atoms with Gasteiger partial charge in [-0.15, -0.1) is 0 Å². The number of hydrogen-bond acceptors (Lipinski definition) is 5. The van der Waals surface area contributed by atoms with Crippen molar-refractivity contribution in [1.29, 1.82) is 10.5 Å². The zero-order valence-electron chi connectivity index (χ0n) is 13.5. The van der Waals surface area contributed by atoms with Gasteiger partial charge in [0.2, 0.25) is 5.91 Å². The van der Waals surface area contributed by atoms with Gasteiger partial charge in [0.1, 0.15) is 0 Å². The molecule has 1 aliphatic heterocycles. The normalized spacial score (nSPS) is 21.3. The van der Waals surface area contributed by atoms with E-state index in [0.717, 1.165) is 5.69 Å². The van der Waals surface area contributed by atoms with Crippen LogP contribution in [0.15, 0.2) is 24.3 Å². The van der Waals surface area contributed by atoms with E-state index in [9.17, 15) is 4.79 Å². The smallest absolute Gasteiger partial charge is 0.241 e. The molecule has 2 rings (SSSR count). The lowest BCUT2D eigenvalue weighted by Crippen LogP contribution is -2.58. The van der Waals surface area contributed by atoms with E-state index in [1.165, 1.54) is 0 Å². The highest BCUT2D eigenvalue weighted by Gasteiger charge is 2.31. The predicted octanol–water partition coefficient (Wildman–Crippen LogP) is 1.41. The van der Waals surface area contributed by atoms with Gasteiger partial charge in [-0.05, 0) is 38.1 Å². The number of nitrogens with zero attached hydrogens (tertiary/aromatic N) is 4. The van der Waals surface area contributed by atoms with Gasteiger partial charge in [0.15, 0.2) is 0 Å². The Balaban J connectivity index is 1.89. The van der Waals surface area contributed by atoms with E-state index >= 15 is 0 Å². The molecule has 0 aliphatic carbocycles. The molecule has 0 radical (unpaired) electrons. The van der Waals surface area contributed by atoms with E-state index < -0.39 is 0 Å². The molecule has 1 fully saturated rings. The Hall–Kier alpha value is -2.57. The van der Waals surface area contributed by atoms with Gasteiger partial charge in [-0.3, -0.25) is 9.69 Å². The van der Waals surface area contributed by atoms with Crippen molar-refractivity contribution in [1.82, 2.24) is 9.80 Å². The van der Waals surface area contributed by atoms with Gasteiger partial charge >= 0.3 is 0 Å². The van der Waals surface area contributed by atoms with Gasteiger partial charge < -0.3 is 10.2 Å². The fraction of sp³-hybridized carbons (Fsp3) is 0.471. The second kappa shape index (κ2) is 7.62. The number of rotatable bonds is 4. The maximum absolute atomic E-state index is 12.4. The SMILES string of the molecule is CC1CN(C(=O)CNc2ccc(C#N)cc2)CC(C)N1CC#N. The number of carbonyl (C=O) groups is 1. The van der Waals surface area contributed by atoms with Crippen molar-refractivity contribution in [3.8, 4) is 12.1 Å². The molecule has 1 amide bonds. The molecule has 1 heterocycles. The van der Waals surface area contributed by atoms with Crippen molar-refractivity contribution in [3.05, 3.63) is 29.8 Å². The first-order chi connectivity index (χ1) is 11.0. The summed E-state index contributed by atoms with van der Waals surface area (Å²) in [6.07, 6.45) is 0. The summed E-state index contributed by atoms with van der Waals surface area (Å²) >= 11 is 0. The minimum Gasteiger partial charge on any atom is -0.376 e. The van der Waals surface area contributed by atoms with Crippen molar-refractivity contribution >= 4 is 11.6 Å². The lowest BCUT2D eigenvalue weighted by Gasteiger charge is -2.43. The maximum Gasteiger partial charge on any atom is 0.241 e. The topological polar surface area (TPSA) is 83.2 Å². The van der Waals surface area contributed by atoms with Gasteiger partial charge in [-0.25, -0.2) is 0 Å². The quantitative estimate of drug-likeness (QED) is 0.850. The third-order valence-corrected chi connectivity index (χ3v) is 4.17. The number of carbonyl (C=O) groups excluding carboxylic acids is 1. The molecule has 0 bridgehead atoms. The standard InChI is InChI=1S/C17H21N5O/c1-13-11-21(12-14(2)22(13)8-7-18)17(23)10-20-16-5-3-15(9-19)4-6-16/h3-6,13-14,20H,8,10-12H2,1-2H3. The van der Waals surface area contributed by atoms with Crippen LogP contribution in [-0.4, -0.2) is 54.0 Å². The number of anilines is 1. The van der Waals surface area contributed by atoms with Crippen molar-refractivity contribution in [3.63, 3.8) is 0 Å². The second-order valence-corrected chi connectivity index (χ2v) is 5.87. The summed E-state index contributed by atoms with van der Waals surface area (Å²) in [4.78, 5) is 16.3. The molecule has 0 aromatic heterocycles. The van der Waals surface area contributed by atoms with Gasteiger partial charge in [0.05, 0.1) is 30.8 Å². The number of hydrogen-bond donors (Lipinski definition) is 1. The Morgan fingerprint density at radius 2 is 1.83 bits per heavy atom. The van der Waals surface area contributed by atoms with Gasteiger partial charge in [-0.2, -0.15) is 10.5 Å². The summed E-state index contributed by atoms with van der Waals surface area (Å²) in [6, 6.07) is 11.6. The van der Waals surface area contributed by atoms with Crippen LogP contribution in [-0.2, 0) is 4.79 Å². The first kappa shape index (κ1) is 16.8. The van der Waals surface area contributed by atoms with Gasteiger partial charge in [-0.1, -0.05) is 0 Å². The molecule has 2 unspecified atom stereocenters. The molecule has 1 aliphatic rings. The van der Waals surface area contributed by atoms with Crippen LogP contribution in [0.1, 0.15) is 19.4 Å². The van der Waals surface area contributed by atoms with Crippen molar-refractivity contribution in [2.75, 3.05) is 31.5 Å². The minimum atomic E-state index is 0.0460. The number of nitriles is 2. The summed E-state index contributed by atoms with van der Waals surface area (Å²) < 4.78 is 0. The second-order valence-electron chi connectivity index (χ2n) is 5.87. The molecule has 1 N–H and O–H groups in total. The van der Waals surface area contributed by atoms with Crippen LogP contribution in [0.4, 0.5) is 5.69 Å². The van der Waals surface area contributed by atoms with Gasteiger partial charge in [0.25, 0.3) is 0 Å². The summed E-state index contributed by atoms with van der Waals surface area (Å²) in [6.45, 7) is 5.99. The Morgan fingerprint density at radius 1 is 1.22 bits per heavy atom. The lowest BCUT2D eigenvalue weighted by atomic mass is 10.1. The lowest BCUT2D eigenvalue weighted by molar-refractivity contribution is -0.133. The van der Waals surface area contributed by atoms with Crippen LogP contribution in [0.3, 0.4) is 0 Å². The molecule has 23 heavy (non-hydrogen) atoms. The van der Waals surface area contributed by atoms with Crippen LogP contribution in [0.25, 0.3) is 0 Å².